The van der Waals surface area contributed by atoms with Gasteiger partial charge in [-0.05, 0) is 18.6 Å². The summed E-state index contributed by atoms with van der Waals surface area (Å²) in [6.07, 6.45) is 6.13. The van der Waals surface area contributed by atoms with Crippen LogP contribution in [0.2, 0.25) is 0 Å². The third-order valence-electron chi connectivity index (χ3n) is 3.30. The SMILES string of the molecule is CCCCCCN1N=CC(=Nc2ccc(O)cc2N)C1=N. The number of unbranched alkanes of at least 4 members (excludes halogenated alkanes) is 3. The van der Waals surface area contributed by atoms with Crippen LogP contribution in [0.15, 0.2) is 28.3 Å². The number of phenols is 1. The normalized spacial score (nSPS) is 16.1. The Labute approximate surface area is 124 Å². The van der Waals surface area contributed by atoms with Gasteiger partial charge in [0, 0.05) is 12.6 Å². The van der Waals surface area contributed by atoms with Gasteiger partial charge in [0.25, 0.3) is 0 Å². The number of nitrogens with one attached hydrogen (secondary N) is 1. The number of amidine groups is 1. The molecule has 0 aromatic heterocycles. The molecule has 0 bridgehead atoms. The van der Waals surface area contributed by atoms with Crippen molar-refractivity contribution in [2.45, 2.75) is 32.6 Å². The third-order valence-corrected chi connectivity index (χ3v) is 3.30. The van der Waals surface area contributed by atoms with Crippen LogP contribution in [0.25, 0.3) is 0 Å². The second kappa shape index (κ2) is 6.88. The molecule has 112 valence electrons. The molecule has 21 heavy (non-hydrogen) atoms. The molecule has 1 aromatic rings. The van der Waals surface area contributed by atoms with Crippen LogP contribution in [0.4, 0.5) is 11.4 Å². The first-order valence-electron chi connectivity index (χ1n) is 7.19. The highest BCUT2D eigenvalue weighted by Gasteiger charge is 2.20. The van der Waals surface area contributed by atoms with Crippen LogP contribution in [0, 0.1) is 5.41 Å². The van der Waals surface area contributed by atoms with E-state index in [1.807, 2.05) is 0 Å². The molecule has 6 nitrogen and oxygen atoms in total. The molecule has 0 unspecified atom stereocenters. The molecular formula is C15H21N5O. The number of nitrogen functional groups attached to an aromatic ring is 1. The molecular weight excluding hydrogens is 266 g/mol. The fourth-order valence-corrected chi connectivity index (χ4v) is 2.09. The number of benzene rings is 1. The summed E-state index contributed by atoms with van der Waals surface area (Å²) in [7, 11) is 0. The van der Waals surface area contributed by atoms with Crippen LogP contribution >= 0.6 is 0 Å². The van der Waals surface area contributed by atoms with Crippen molar-refractivity contribution in [1.82, 2.24) is 5.01 Å². The maximum Gasteiger partial charge on any atom is 0.169 e. The van der Waals surface area contributed by atoms with E-state index < -0.39 is 0 Å². The van der Waals surface area contributed by atoms with Gasteiger partial charge in [-0.3, -0.25) is 5.41 Å². The summed E-state index contributed by atoms with van der Waals surface area (Å²) in [5, 5.41) is 23.3. The van der Waals surface area contributed by atoms with E-state index in [4.69, 9.17) is 11.1 Å². The summed E-state index contributed by atoms with van der Waals surface area (Å²) in [6.45, 7) is 2.91. The molecule has 0 atom stereocenters. The van der Waals surface area contributed by atoms with Crippen molar-refractivity contribution in [2.75, 3.05) is 12.3 Å². The lowest BCUT2D eigenvalue weighted by Gasteiger charge is -2.13. The number of hydrazone groups is 1. The van der Waals surface area contributed by atoms with Gasteiger partial charge in [-0.2, -0.15) is 5.10 Å². The van der Waals surface area contributed by atoms with Crippen molar-refractivity contribution < 1.29 is 5.11 Å². The molecule has 1 aliphatic heterocycles. The molecule has 0 aliphatic carbocycles. The fourth-order valence-electron chi connectivity index (χ4n) is 2.09. The van der Waals surface area contributed by atoms with Gasteiger partial charge in [-0.15, -0.1) is 0 Å². The van der Waals surface area contributed by atoms with Gasteiger partial charge in [0.05, 0.1) is 17.6 Å². The zero-order valence-corrected chi connectivity index (χ0v) is 12.2. The minimum Gasteiger partial charge on any atom is -0.508 e. The number of hydrogen-bond donors (Lipinski definition) is 3. The van der Waals surface area contributed by atoms with Gasteiger partial charge in [-0.1, -0.05) is 26.2 Å². The van der Waals surface area contributed by atoms with Gasteiger partial charge < -0.3 is 10.8 Å². The van der Waals surface area contributed by atoms with E-state index in [0.717, 1.165) is 19.4 Å². The maximum absolute atomic E-state index is 9.33. The number of nitrogens with two attached hydrogens (primary N) is 1. The predicted octanol–water partition coefficient (Wildman–Crippen LogP) is 2.91. The molecule has 1 heterocycles. The quantitative estimate of drug-likeness (QED) is 0.554. The summed E-state index contributed by atoms with van der Waals surface area (Å²) >= 11 is 0. The minimum atomic E-state index is 0.101. The minimum absolute atomic E-state index is 0.101. The molecule has 1 aliphatic rings. The van der Waals surface area contributed by atoms with Crippen molar-refractivity contribution in [3.05, 3.63) is 18.2 Å². The molecule has 4 N–H and O–H groups in total. The topological polar surface area (TPSA) is 98.1 Å². The Morgan fingerprint density at radius 1 is 1.33 bits per heavy atom. The Kier molecular flexibility index (Phi) is 4.92. The Morgan fingerprint density at radius 2 is 2.14 bits per heavy atom. The van der Waals surface area contributed by atoms with Crippen LogP contribution in [0.5, 0.6) is 5.75 Å². The third kappa shape index (κ3) is 3.81. The highest BCUT2D eigenvalue weighted by atomic mass is 16.3. The molecule has 0 amide bonds. The number of rotatable bonds is 6. The summed E-state index contributed by atoms with van der Waals surface area (Å²) in [5.74, 6) is 0.392. The van der Waals surface area contributed by atoms with Crippen molar-refractivity contribution in [2.24, 2.45) is 10.1 Å². The van der Waals surface area contributed by atoms with E-state index in [1.165, 1.54) is 25.0 Å². The van der Waals surface area contributed by atoms with Gasteiger partial charge in [0.2, 0.25) is 0 Å². The van der Waals surface area contributed by atoms with Crippen LogP contribution in [0.3, 0.4) is 0 Å². The average molecular weight is 287 g/mol. The monoisotopic (exact) mass is 287 g/mol. The van der Waals surface area contributed by atoms with Crippen molar-refractivity contribution in [1.29, 1.82) is 5.41 Å². The van der Waals surface area contributed by atoms with Crippen LogP contribution in [0.1, 0.15) is 32.6 Å². The van der Waals surface area contributed by atoms with Crippen molar-refractivity contribution in [3.63, 3.8) is 0 Å². The standard InChI is InChI=1S/C15H21N5O/c1-2-3-4-5-8-20-15(17)14(10-18-20)19-13-7-6-11(21)9-12(13)16/h6-7,9-10,17,21H,2-5,8,16H2,1H3. The first kappa shape index (κ1) is 15.0. The van der Waals surface area contributed by atoms with E-state index in [9.17, 15) is 5.11 Å². The molecule has 0 spiro atoms. The lowest BCUT2D eigenvalue weighted by atomic mass is 10.2. The molecule has 1 aromatic carbocycles. The summed E-state index contributed by atoms with van der Waals surface area (Å²) in [4.78, 5) is 4.34. The number of anilines is 1. The van der Waals surface area contributed by atoms with Gasteiger partial charge in [0.1, 0.15) is 11.5 Å². The summed E-state index contributed by atoms with van der Waals surface area (Å²) < 4.78 is 0. The lowest BCUT2D eigenvalue weighted by Crippen LogP contribution is -2.26. The molecule has 2 rings (SSSR count). The Bertz CT molecular complexity index is 579. The Morgan fingerprint density at radius 3 is 2.86 bits per heavy atom. The number of hydrogen-bond acceptors (Lipinski definition) is 5. The highest BCUT2D eigenvalue weighted by Crippen LogP contribution is 2.26. The molecule has 0 saturated heterocycles. The smallest absolute Gasteiger partial charge is 0.169 e. The Hall–Kier alpha value is -2.37. The average Bonchev–Trinajstić information content (AvgIpc) is 2.79. The van der Waals surface area contributed by atoms with Gasteiger partial charge in [-0.25, -0.2) is 10.0 Å². The highest BCUT2D eigenvalue weighted by molar-refractivity contribution is 6.63. The Balaban J connectivity index is 2.01. The van der Waals surface area contributed by atoms with E-state index in [1.54, 1.807) is 17.3 Å². The number of aromatic hydroxyl groups is 1. The largest absolute Gasteiger partial charge is 0.508 e. The predicted molar refractivity (Wildman–Crippen MR) is 86.7 cm³/mol. The van der Waals surface area contributed by atoms with Crippen molar-refractivity contribution >= 4 is 29.1 Å². The first-order valence-corrected chi connectivity index (χ1v) is 7.19. The second-order valence-electron chi connectivity index (χ2n) is 5.02. The van der Waals surface area contributed by atoms with E-state index in [2.05, 4.69) is 17.0 Å². The molecule has 0 radical (unpaired) electrons. The second-order valence-corrected chi connectivity index (χ2v) is 5.02. The van der Waals surface area contributed by atoms with E-state index >= 15 is 0 Å². The summed E-state index contributed by atoms with van der Waals surface area (Å²) in [5.41, 5.74) is 7.20. The fraction of sp³-hybridized carbons (Fsp3) is 0.400. The molecule has 6 heteroatoms. The molecule has 0 fully saturated rings. The van der Waals surface area contributed by atoms with Crippen LogP contribution in [-0.4, -0.2) is 34.4 Å². The maximum atomic E-state index is 9.33. The zero-order chi connectivity index (χ0) is 15.2. The summed E-state index contributed by atoms with van der Waals surface area (Å²) in [6, 6.07) is 4.59. The zero-order valence-electron chi connectivity index (χ0n) is 12.2. The molecule has 0 saturated carbocycles. The van der Waals surface area contributed by atoms with E-state index in [-0.39, 0.29) is 5.75 Å². The lowest BCUT2D eigenvalue weighted by molar-refractivity contribution is 0.432. The van der Waals surface area contributed by atoms with Crippen LogP contribution < -0.4 is 5.73 Å². The van der Waals surface area contributed by atoms with Gasteiger partial charge in [0.15, 0.2) is 5.84 Å². The number of nitrogens with zero attached hydrogens (tertiary/aromatic N) is 3. The number of aliphatic imine (C=N–C) groups is 1. The van der Waals surface area contributed by atoms with Crippen LogP contribution in [-0.2, 0) is 0 Å². The first-order chi connectivity index (χ1) is 10.1. The van der Waals surface area contributed by atoms with E-state index in [0.29, 0.717) is 22.9 Å². The van der Waals surface area contributed by atoms with Crippen molar-refractivity contribution in [3.8, 4) is 5.75 Å². The van der Waals surface area contributed by atoms with Gasteiger partial charge >= 0.3 is 0 Å². The number of phenolic OH excluding ortho intramolecular Hbond substituents is 1.